The number of benzene rings is 2. The lowest BCUT2D eigenvalue weighted by atomic mass is 10.1. The van der Waals surface area contributed by atoms with Gasteiger partial charge in [-0.1, -0.05) is 42.5 Å². The number of amides is 1. The average molecular weight is 285 g/mol. The Balaban J connectivity index is 1.85. The summed E-state index contributed by atoms with van der Waals surface area (Å²) in [4.78, 5) is 12.4. The Morgan fingerprint density at radius 3 is 2.43 bits per heavy atom. The molecule has 1 aliphatic rings. The van der Waals surface area contributed by atoms with E-state index in [1.165, 1.54) is 12.1 Å². The van der Waals surface area contributed by atoms with Gasteiger partial charge in [-0.2, -0.15) is 0 Å². The summed E-state index contributed by atoms with van der Waals surface area (Å²) in [5, 5.41) is 2.91. The molecule has 1 aliphatic carbocycles. The number of carbonyl (C=O) groups excluding carboxylic acids is 1. The molecule has 2 aromatic rings. The molecule has 1 fully saturated rings. The lowest BCUT2D eigenvalue weighted by Crippen LogP contribution is -2.34. The van der Waals surface area contributed by atoms with Gasteiger partial charge in [0.2, 0.25) is 6.10 Å². The second kappa shape index (κ2) is 5.95. The summed E-state index contributed by atoms with van der Waals surface area (Å²) < 4.78 is 19.4. The van der Waals surface area contributed by atoms with E-state index in [0.717, 1.165) is 12.8 Å². The minimum Gasteiger partial charge on any atom is -0.473 e. The van der Waals surface area contributed by atoms with Crippen molar-refractivity contribution in [2.24, 2.45) is 0 Å². The van der Waals surface area contributed by atoms with Crippen LogP contribution in [0.3, 0.4) is 0 Å². The molecule has 0 aromatic heterocycles. The molecule has 3 nitrogen and oxygen atoms in total. The van der Waals surface area contributed by atoms with Gasteiger partial charge in [-0.25, -0.2) is 4.39 Å². The van der Waals surface area contributed by atoms with Crippen molar-refractivity contribution in [1.29, 1.82) is 0 Å². The van der Waals surface area contributed by atoms with Crippen LogP contribution in [0.15, 0.2) is 54.6 Å². The third-order valence-electron chi connectivity index (χ3n) is 3.35. The van der Waals surface area contributed by atoms with E-state index in [-0.39, 0.29) is 17.7 Å². The predicted octanol–water partition coefficient (Wildman–Crippen LogP) is 3.22. The monoisotopic (exact) mass is 285 g/mol. The molecule has 21 heavy (non-hydrogen) atoms. The smallest absolute Gasteiger partial charge is 0.266 e. The molecule has 0 bridgehead atoms. The highest BCUT2D eigenvalue weighted by atomic mass is 19.1. The highest BCUT2D eigenvalue weighted by Gasteiger charge is 2.30. The molecule has 108 valence electrons. The van der Waals surface area contributed by atoms with E-state index in [9.17, 15) is 9.18 Å². The number of halogens is 1. The molecule has 0 unspecified atom stereocenters. The molecular weight excluding hydrogens is 269 g/mol. The van der Waals surface area contributed by atoms with E-state index in [4.69, 9.17) is 4.74 Å². The summed E-state index contributed by atoms with van der Waals surface area (Å²) in [5.74, 6) is -0.623. The van der Waals surface area contributed by atoms with Crippen molar-refractivity contribution in [2.75, 3.05) is 0 Å². The van der Waals surface area contributed by atoms with Crippen LogP contribution in [0.4, 0.5) is 4.39 Å². The Bertz CT molecular complexity index is 626. The molecule has 1 N–H and O–H groups in total. The standard InChI is InChI=1S/C17H16FNO2/c18-14-8-4-5-9-15(14)21-16(12-6-2-1-3-7-12)17(20)19-13-10-11-13/h1-9,13,16H,10-11H2,(H,19,20)/t16-/m1/s1. The molecule has 0 spiro atoms. The largest absolute Gasteiger partial charge is 0.473 e. The van der Waals surface area contributed by atoms with Crippen molar-refractivity contribution in [3.63, 3.8) is 0 Å². The minimum absolute atomic E-state index is 0.0808. The van der Waals surface area contributed by atoms with E-state index in [1.807, 2.05) is 18.2 Å². The number of nitrogens with one attached hydrogen (secondary N) is 1. The Morgan fingerprint density at radius 1 is 1.10 bits per heavy atom. The van der Waals surface area contributed by atoms with Crippen LogP contribution in [0.1, 0.15) is 24.5 Å². The Hall–Kier alpha value is -2.36. The summed E-state index contributed by atoms with van der Waals surface area (Å²) in [6, 6.07) is 15.5. The highest BCUT2D eigenvalue weighted by Crippen LogP contribution is 2.26. The molecule has 0 saturated heterocycles. The van der Waals surface area contributed by atoms with Crippen LogP contribution in [-0.4, -0.2) is 11.9 Å². The van der Waals surface area contributed by atoms with E-state index >= 15 is 0 Å². The van der Waals surface area contributed by atoms with Gasteiger partial charge in [0.05, 0.1) is 0 Å². The molecule has 1 amide bonds. The van der Waals surface area contributed by atoms with Gasteiger partial charge in [0.1, 0.15) is 0 Å². The zero-order chi connectivity index (χ0) is 14.7. The summed E-state index contributed by atoms with van der Waals surface area (Å²) in [5.41, 5.74) is 0.707. The number of ether oxygens (including phenoxy) is 1. The number of rotatable bonds is 5. The van der Waals surface area contributed by atoms with E-state index < -0.39 is 11.9 Å². The van der Waals surface area contributed by atoms with Gasteiger partial charge in [0.25, 0.3) is 5.91 Å². The van der Waals surface area contributed by atoms with Gasteiger partial charge in [-0.3, -0.25) is 4.79 Å². The number of para-hydroxylation sites is 1. The summed E-state index contributed by atoms with van der Waals surface area (Å²) >= 11 is 0. The van der Waals surface area contributed by atoms with Crippen LogP contribution >= 0.6 is 0 Å². The third-order valence-corrected chi connectivity index (χ3v) is 3.35. The van der Waals surface area contributed by atoms with Crippen LogP contribution in [0.5, 0.6) is 5.75 Å². The molecule has 1 atom stereocenters. The zero-order valence-corrected chi connectivity index (χ0v) is 11.5. The van der Waals surface area contributed by atoms with Gasteiger partial charge >= 0.3 is 0 Å². The van der Waals surface area contributed by atoms with Gasteiger partial charge in [-0.15, -0.1) is 0 Å². The first-order valence-corrected chi connectivity index (χ1v) is 7.00. The lowest BCUT2D eigenvalue weighted by Gasteiger charge is -2.19. The molecule has 1 saturated carbocycles. The lowest BCUT2D eigenvalue weighted by molar-refractivity contribution is -0.128. The minimum atomic E-state index is -0.844. The molecule has 0 heterocycles. The van der Waals surface area contributed by atoms with Crippen LogP contribution in [0, 0.1) is 5.82 Å². The summed E-state index contributed by atoms with van der Waals surface area (Å²) in [7, 11) is 0. The molecule has 3 rings (SSSR count). The van der Waals surface area contributed by atoms with Gasteiger partial charge < -0.3 is 10.1 Å². The average Bonchev–Trinajstić information content (AvgIpc) is 3.31. The first-order valence-electron chi connectivity index (χ1n) is 7.00. The molecule has 4 heteroatoms. The van der Waals surface area contributed by atoms with Crippen molar-refractivity contribution < 1.29 is 13.9 Å². The van der Waals surface area contributed by atoms with Crippen molar-refractivity contribution in [1.82, 2.24) is 5.32 Å². The maximum absolute atomic E-state index is 13.7. The summed E-state index contributed by atoms with van der Waals surface area (Å²) in [6.45, 7) is 0. The van der Waals surface area contributed by atoms with Crippen LogP contribution in [0.2, 0.25) is 0 Å². The van der Waals surface area contributed by atoms with Gasteiger partial charge in [0.15, 0.2) is 11.6 Å². The van der Waals surface area contributed by atoms with E-state index in [0.29, 0.717) is 5.56 Å². The third kappa shape index (κ3) is 3.40. The highest BCUT2D eigenvalue weighted by molar-refractivity contribution is 5.83. The van der Waals surface area contributed by atoms with Crippen LogP contribution in [0.25, 0.3) is 0 Å². The first-order chi connectivity index (χ1) is 10.2. The molecule has 2 aromatic carbocycles. The number of hydrogen-bond acceptors (Lipinski definition) is 2. The molecule has 0 radical (unpaired) electrons. The number of hydrogen-bond donors (Lipinski definition) is 1. The van der Waals surface area contributed by atoms with Crippen molar-refractivity contribution in [3.05, 3.63) is 66.0 Å². The fourth-order valence-corrected chi connectivity index (χ4v) is 2.07. The SMILES string of the molecule is O=C(NC1CC1)[C@H](Oc1ccccc1F)c1ccccc1. The van der Waals surface area contributed by atoms with Crippen LogP contribution < -0.4 is 10.1 Å². The quantitative estimate of drug-likeness (QED) is 0.916. The topological polar surface area (TPSA) is 38.3 Å². The van der Waals surface area contributed by atoms with Gasteiger partial charge in [0, 0.05) is 11.6 Å². The Labute approximate surface area is 122 Å². The normalized spacial score (nSPS) is 15.3. The summed E-state index contributed by atoms with van der Waals surface area (Å²) in [6.07, 6.45) is 1.14. The van der Waals surface area contributed by atoms with Crippen molar-refractivity contribution >= 4 is 5.91 Å². The maximum atomic E-state index is 13.7. The first kappa shape index (κ1) is 13.6. The fraction of sp³-hybridized carbons (Fsp3) is 0.235. The maximum Gasteiger partial charge on any atom is 0.266 e. The zero-order valence-electron chi connectivity index (χ0n) is 11.5. The second-order valence-corrected chi connectivity index (χ2v) is 5.12. The van der Waals surface area contributed by atoms with Crippen LogP contribution in [-0.2, 0) is 4.79 Å². The van der Waals surface area contributed by atoms with Crippen molar-refractivity contribution in [3.8, 4) is 5.75 Å². The Morgan fingerprint density at radius 2 is 1.76 bits per heavy atom. The second-order valence-electron chi connectivity index (χ2n) is 5.12. The molecule has 0 aliphatic heterocycles. The van der Waals surface area contributed by atoms with E-state index in [1.54, 1.807) is 24.3 Å². The van der Waals surface area contributed by atoms with E-state index in [2.05, 4.69) is 5.32 Å². The van der Waals surface area contributed by atoms with Gasteiger partial charge in [-0.05, 0) is 25.0 Å². The Kier molecular flexibility index (Phi) is 3.86. The molecular formula is C17H16FNO2. The fourth-order valence-electron chi connectivity index (χ4n) is 2.07. The number of carbonyl (C=O) groups is 1. The predicted molar refractivity (Wildman–Crippen MR) is 77.4 cm³/mol. The van der Waals surface area contributed by atoms with Crippen molar-refractivity contribution in [2.45, 2.75) is 25.0 Å².